The average Bonchev–Trinajstić information content (AvgIpc) is 2.57. The number of phenols is 1. The second kappa shape index (κ2) is 3.00. The number of ether oxygens (including phenoxy) is 2. The molecule has 0 spiro atoms. The van der Waals surface area contributed by atoms with Crippen LogP contribution in [0.5, 0.6) is 17.2 Å². The highest BCUT2D eigenvalue weighted by Crippen LogP contribution is 2.43. The van der Waals surface area contributed by atoms with Crippen molar-refractivity contribution < 1.29 is 19.0 Å². The Kier molecular flexibility index (Phi) is 2.01. The molecule has 1 aromatic rings. The number of benzene rings is 1. The van der Waals surface area contributed by atoms with Crippen molar-refractivity contribution in [2.24, 2.45) is 5.73 Å². The lowest BCUT2D eigenvalue weighted by Gasteiger charge is -2.21. The highest BCUT2D eigenvalue weighted by molar-refractivity contribution is 5.54. The average molecular weight is 213 g/mol. The molecule has 5 heteroatoms. The van der Waals surface area contributed by atoms with E-state index in [1.165, 1.54) is 6.07 Å². The molecule has 0 saturated carbocycles. The summed E-state index contributed by atoms with van der Waals surface area (Å²) in [5.74, 6) is -1.08. The molecule has 0 unspecified atom stereocenters. The number of rotatable bonds is 1. The van der Waals surface area contributed by atoms with Gasteiger partial charge in [-0.3, -0.25) is 0 Å². The SMILES string of the molecule is CC(C)(N)c1cc2c(c(F)c1O)OCO2. The molecule has 0 atom stereocenters. The molecular weight excluding hydrogens is 201 g/mol. The van der Waals surface area contributed by atoms with Crippen LogP contribution in [0.4, 0.5) is 4.39 Å². The van der Waals surface area contributed by atoms with Gasteiger partial charge in [-0.15, -0.1) is 0 Å². The van der Waals surface area contributed by atoms with Gasteiger partial charge < -0.3 is 20.3 Å². The van der Waals surface area contributed by atoms with E-state index in [9.17, 15) is 9.50 Å². The number of hydrogen-bond donors (Lipinski definition) is 2. The molecule has 0 bridgehead atoms. The molecule has 3 N–H and O–H groups in total. The minimum atomic E-state index is -0.841. The Hall–Kier alpha value is -1.49. The second-order valence-corrected chi connectivity index (χ2v) is 4.04. The van der Waals surface area contributed by atoms with Crippen molar-refractivity contribution >= 4 is 0 Å². The standard InChI is InChI=1S/C10H12FNO3/c1-10(2,12)5-3-6-9(15-4-14-6)7(11)8(5)13/h3,13H,4,12H2,1-2H3. The Bertz CT molecular complexity index is 412. The van der Waals surface area contributed by atoms with E-state index in [2.05, 4.69) is 0 Å². The molecule has 0 fully saturated rings. The van der Waals surface area contributed by atoms with Gasteiger partial charge in [0.2, 0.25) is 18.4 Å². The van der Waals surface area contributed by atoms with Crippen LogP contribution in [0.1, 0.15) is 19.4 Å². The van der Waals surface area contributed by atoms with E-state index in [0.29, 0.717) is 5.56 Å². The maximum atomic E-state index is 13.6. The van der Waals surface area contributed by atoms with Gasteiger partial charge in [0.05, 0.1) is 0 Å². The quantitative estimate of drug-likeness (QED) is 0.741. The summed E-state index contributed by atoms with van der Waals surface area (Å²) in [6.07, 6.45) is 0. The summed E-state index contributed by atoms with van der Waals surface area (Å²) in [4.78, 5) is 0. The highest BCUT2D eigenvalue weighted by Gasteiger charge is 2.29. The Labute approximate surface area is 86.4 Å². The van der Waals surface area contributed by atoms with Crippen molar-refractivity contribution in [3.05, 3.63) is 17.4 Å². The summed E-state index contributed by atoms with van der Waals surface area (Å²) in [5, 5.41) is 9.61. The van der Waals surface area contributed by atoms with E-state index >= 15 is 0 Å². The summed E-state index contributed by atoms with van der Waals surface area (Å²) in [5.41, 5.74) is 5.25. The maximum Gasteiger partial charge on any atom is 0.231 e. The number of nitrogens with two attached hydrogens (primary N) is 1. The molecule has 0 aliphatic carbocycles. The molecule has 0 saturated heterocycles. The summed E-state index contributed by atoms with van der Waals surface area (Å²) < 4.78 is 23.5. The molecule has 2 rings (SSSR count). The number of halogens is 1. The predicted octanol–water partition coefficient (Wildman–Crippen LogP) is 1.45. The lowest BCUT2D eigenvalue weighted by molar-refractivity contribution is 0.170. The molecule has 15 heavy (non-hydrogen) atoms. The van der Waals surface area contributed by atoms with Gasteiger partial charge >= 0.3 is 0 Å². The van der Waals surface area contributed by atoms with Gasteiger partial charge in [0.25, 0.3) is 0 Å². The van der Waals surface area contributed by atoms with Gasteiger partial charge in [-0.2, -0.15) is 4.39 Å². The van der Waals surface area contributed by atoms with Crippen LogP contribution in [0.2, 0.25) is 0 Å². The number of phenolic OH excluding ortho intramolecular Hbond substituents is 1. The Morgan fingerprint density at radius 3 is 2.73 bits per heavy atom. The fourth-order valence-corrected chi connectivity index (χ4v) is 1.48. The zero-order valence-corrected chi connectivity index (χ0v) is 8.50. The van der Waals surface area contributed by atoms with Gasteiger partial charge in [0.1, 0.15) is 0 Å². The maximum absolute atomic E-state index is 13.6. The zero-order chi connectivity index (χ0) is 11.2. The molecule has 4 nitrogen and oxygen atoms in total. The van der Waals surface area contributed by atoms with Crippen molar-refractivity contribution in [2.75, 3.05) is 6.79 Å². The first-order valence-electron chi connectivity index (χ1n) is 4.51. The Morgan fingerprint density at radius 2 is 2.13 bits per heavy atom. The third kappa shape index (κ3) is 1.48. The van der Waals surface area contributed by atoms with Crippen molar-refractivity contribution in [3.8, 4) is 17.2 Å². The summed E-state index contributed by atoms with van der Waals surface area (Å²) in [6, 6.07) is 1.50. The van der Waals surface area contributed by atoms with Crippen LogP contribution in [-0.2, 0) is 5.54 Å². The Balaban J connectivity index is 2.64. The smallest absolute Gasteiger partial charge is 0.231 e. The molecule has 1 aliphatic heterocycles. The first-order valence-corrected chi connectivity index (χ1v) is 4.51. The van der Waals surface area contributed by atoms with E-state index in [1.807, 2.05) is 0 Å². The van der Waals surface area contributed by atoms with Gasteiger partial charge in [0, 0.05) is 11.1 Å². The van der Waals surface area contributed by atoms with Crippen LogP contribution >= 0.6 is 0 Å². The van der Waals surface area contributed by atoms with Crippen molar-refractivity contribution in [1.82, 2.24) is 0 Å². The molecule has 0 aromatic heterocycles. The van der Waals surface area contributed by atoms with Crippen LogP contribution in [0.15, 0.2) is 6.07 Å². The zero-order valence-electron chi connectivity index (χ0n) is 8.50. The van der Waals surface area contributed by atoms with E-state index in [-0.39, 0.29) is 18.3 Å². The number of fused-ring (bicyclic) bond motifs is 1. The summed E-state index contributed by atoms with van der Waals surface area (Å²) in [6.45, 7) is 3.30. The topological polar surface area (TPSA) is 64.7 Å². The lowest BCUT2D eigenvalue weighted by atomic mass is 9.94. The minimum Gasteiger partial charge on any atom is -0.504 e. The third-order valence-electron chi connectivity index (χ3n) is 2.27. The van der Waals surface area contributed by atoms with E-state index < -0.39 is 17.1 Å². The van der Waals surface area contributed by atoms with Gasteiger partial charge in [0.15, 0.2) is 11.5 Å². The highest BCUT2D eigenvalue weighted by atomic mass is 19.1. The monoisotopic (exact) mass is 213 g/mol. The van der Waals surface area contributed by atoms with Crippen LogP contribution < -0.4 is 15.2 Å². The van der Waals surface area contributed by atoms with Crippen LogP contribution in [0.25, 0.3) is 0 Å². The van der Waals surface area contributed by atoms with E-state index in [1.54, 1.807) is 13.8 Å². The molecule has 1 aromatic carbocycles. The van der Waals surface area contributed by atoms with Crippen LogP contribution in [0.3, 0.4) is 0 Å². The lowest BCUT2D eigenvalue weighted by Crippen LogP contribution is -2.28. The largest absolute Gasteiger partial charge is 0.504 e. The summed E-state index contributed by atoms with van der Waals surface area (Å²) >= 11 is 0. The fraction of sp³-hybridized carbons (Fsp3) is 0.400. The van der Waals surface area contributed by atoms with E-state index in [0.717, 1.165) is 0 Å². The predicted molar refractivity (Wildman–Crippen MR) is 51.4 cm³/mol. The molecule has 1 heterocycles. The van der Waals surface area contributed by atoms with Crippen molar-refractivity contribution in [3.63, 3.8) is 0 Å². The van der Waals surface area contributed by atoms with E-state index in [4.69, 9.17) is 15.2 Å². The molecule has 1 aliphatic rings. The minimum absolute atomic E-state index is 0.0415. The van der Waals surface area contributed by atoms with Gasteiger partial charge in [-0.25, -0.2) is 0 Å². The van der Waals surface area contributed by atoms with Crippen LogP contribution in [0, 0.1) is 5.82 Å². The summed E-state index contributed by atoms with van der Waals surface area (Å²) in [7, 11) is 0. The second-order valence-electron chi connectivity index (χ2n) is 4.04. The van der Waals surface area contributed by atoms with Gasteiger partial charge in [-0.05, 0) is 19.9 Å². The van der Waals surface area contributed by atoms with Crippen molar-refractivity contribution in [2.45, 2.75) is 19.4 Å². The molecule has 0 amide bonds. The molecule has 82 valence electrons. The fourth-order valence-electron chi connectivity index (χ4n) is 1.48. The number of hydrogen-bond acceptors (Lipinski definition) is 4. The number of aromatic hydroxyl groups is 1. The molecular formula is C10H12FNO3. The molecule has 0 radical (unpaired) electrons. The first-order chi connectivity index (χ1) is 6.91. The first kappa shape index (κ1) is 10.0. The third-order valence-corrected chi connectivity index (χ3v) is 2.27. The van der Waals surface area contributed by atoms with Gasteiger partial charge in [-0.1, -0.05) is 0 Å². The Morgan fingerprint density at radius 1 is 1.47 bits per heavy atom. The van der Waals surface area contributed by atoms with Crippen LogP contribution in [-0.4, -0.2) is 11.9 Å². The normalized spacial score (nSPS) is 14.4. The van der Waals surface area contributed by atoms with Crippen molar-refractivity contribution in [1.29, 1.82) is 0 Å².